The van der Waals surface area contributed by atoms with E-state index in [1.807, 2.05) is 0 Å². The third kappa shape index (κ3) is 3.85. The molecule has 0 heterocycles. The topological polar surface area (TPSA) is 83.5 Å². The fraction of sp³-hybridized carbons (Fsp3) is 0.417. The SMILES string of the molecule is CCC(C)C(NS(=O)(=O)c1c(Cl)cccc1Cl)C(=O)O. The minimum atomic E-state index is -4.12. The van der Waals surface area contributed by atoms with Crippen LogP contribution in [0.5, 0.6) is 0 Å². The third-order valence-corrected chi connectivity index (χ3v) is 5.34. The van der Waals surface area contributed by atoms with E-state index in [-0.39, 0.29) is 20.9 Å². The summed E-state index contributed by atoms with van der Waals surface area (Å²) in [6.07, 6.45) is 0.510. The lowest BCUT2D eigenvalue weighted by atomic mass is 10.0. The van der Waals surface area contributed by atoms with Crippen LogP contribution in [0.2, 0.25) is 10.0 Å². The molecule has 112 valence electrons. The van der Waals surface area contributed by atoms with Gasteiger partial charge in [0, 0.05) is 0 Å². The maximum absolute atomic E-state index is 12.3. The zero-order valence-corrected chi connectivity index (χ0v) is 13.3. The molecule has 0 saturated heterocycles. The largest absolute Gasteiger partial charge is 0.480 e. The zero-order valence-electron chi connectivity index (χ0n) is 10.9. The highest BCUT2D eigenvalue weighted by Gasteiger charge is 2.31. The molecular formula is C12H15Cl2NO4S. The molecule has 0 amide bonds. The van der Waals surface area contributed by atoms with E-state index in [2.05, 4.69) is 4.72 Å². The molecule has 2 N–H and O–H groups in total. The van der Waals surface area contributed by atoms with Gasteiger partial charge in [0.25, 0.3) is 0 Å². The summed E-state index contributed by atoms with van der Waals surface area (Å²) in [6.45, 7) is 3.42. The number of carboxylic acid groups (broad SMARTS) is 1. The molecule has 1 aromatic carbocycles. The number of aliphatic carboxylic acids is 1. The molecular weight excluding hydrogens is 325 g/mol. The van der Waals surface area contributed by atoms with E-state index in [4.69, 9.17) is 28.3 Å². The summed E-state index contributed by atoms with van der Waals surface area (Å²) in [5, 5.41) is 9.02. The van der Waals surface area contributed by atoms with E-state index in [9.17, 15) is 13.2 Å². The van der Waals surface area contributed by atoms with Gasteiger partial charge in [-0.1, -0.05) is 49.5 Å². The normalized spacial score (nSPS) is 14.8. The molecule has 0 saturated carbocycles. The number of rotatable bonds is 6. The number of halogens is 2. The Morgan fingerprint density at radius 2 is 1.85 bits per heavy atom. The molecule has 0 fully saturated rings. The predicted molar refractivity (Wildman–Crippen MR) is 77.7 cm³/mol. The number of benzene rings is 1. The second-order valence-electron chi connectivity index (χ2n) is 4.37. The number of hydrogen-bond acceptors (Lipinski definition) is 3. The van der Waals surface area contributed by atoms with Crippen LogP contribution in [-0.4, -0.2) is 25.5 Å². The highest BCUT2D eigenvalue weighted by molar-refractivity contribution is 7.89. The molecule has 5 nitrogen and oxygen atoms in total. The van der Waals surface area contributed by atoms with Crippen LogP contribution in [0.25, 0.3) is 0 Å². The molecule has 0 aliphatic rings. The van der Waals surface area contributed by atoms with E-state index in [1.54, 1.807) is 13.8 Å². The third-order valence-electron chi connectivity index (χ3n) is 2.95. The maximum Gasteiger partial charge on any atom is 0.322 e. The van der Waals surface area contributed by atoms with Gasteiger partial charge in [0.15, 0.2) is 0 Å². The van der Waals surface area contributed by atoms with Crippen molar-refractivity contribution >= 4 is 39.2 Å². The van der Waals surface area contributed by atoms with E-state index in [1.165, 1.54) is 18.2 Å². The Morgan fingerprint density at radius 1 is 1.35 bits per heavy atom. The molecule has 20 heavy (non-hydrogen) atoms. The molecule has 0 aliphatic carbocycles. The average Bonchev–Trinajstić information content (AvgIpc) is 2.34. The van der Waals surface area contributed by atoms with Gasteiger partial charge in [0.2, 0.25) is 10.0 Å². The quantitative estimate of drug-likeness (QED) is 0.834. The van der Waals surface area contributed by atoms with Crippen molar-refractivity contribution in [3.8, 4) is 0 Å². The van der Waals surface area contributed by atoms with Crippen molar-refractivity contribution in [3.05, 3.63) is 28.2 Å². The Hall–Kier alpha value is -0.820. The Balaban J connectivity index is 3.20. The van der Waals surface area contributed by atoms with Gasteiger partial charge >= 0.3 is 5.97 Å². The van der Waals surface area contributed by atoms with Crippen molar-refractivity contribution < 1.29 is 18.3 Å². The van der Waals surface area contributed by atoms with Crippen molar-refractivity contribution in [1.82, 2.24) is 4.72 Å². The van der Waals surface area contributed by atoms with E-state index in [0.717, 1.165) is 0 Å². The maximum atomic E-state index is 12.3. The van der Waals surface area contributed by atoms with Crippen LogP contribution in [0.15, 0.2) is 23.1 Å². The molecule has 1 aromatic rings. The van der Waals surface area contributed by atoms with Gasteiger partial charge in [-0.2, -0.15) is 4.72 Å². The van der Waals surface area contributed by atoms with Gasteiger partial charge < -0.3 is 5.11 Å². The summed E-state index contributed by atoms with van der Waals surface area (Å²) in [4.78, 5) is 10.9. The monoisotopic (exact) mass is 339 g/mol. The number of sulfonamides is 1. The number of carboxylic acids is 1. The Kier molecular flexibility index (Phi) is 5.82. The number of nitrogens with one attached hydrogen (secondary N) is 1. The first-order valence-corrected chi connectivity index (χ1v) is 8.13. The lowest BCUT2D eigenvalue weighted by Gasteiger charge is -2.20. The fourth-order valence-corrected chi connectivity index (χ4v) is 4.05. The molecule has 0 aromatic heterocycles. The van der Waals surface area contributed by atoms with Crippen molar-refractivity contribution in [2.24, 2.45) is 5.92 Å². The number of carbonyl (C=O) groups is 1. The summed E-state index contributed by atoms with van der Waals surface area (Å²) < 4.78 is 26.7. The molecule has 2 unspecified atom stereocenters. The summed E-state index contributed by atoms with van der Waals surface area (Å²) in [5.74, 6) is -1.62. The Labute approximate surface area is 127 Å². The molecule has 8 heteroatoms. The van der Waals surface area contributed by atoms with Crippen LogP contribution in [0.3, 0.4) is 0 Å². The van der Waals surface area contributed by atoms with E-state index >= 15 is 0 Å². The van der Waals surface area contributed by atoms with Gasteiger partial charge in [-0.15, -0.1) is 0 Å². The standard InChI is InChI=1S/C12H15Cl2NO4S/c1-3-7(2)10(12(16)17)15-20(18,19)11-8(13)5-4-6-9(11)14/h4-7,10,15H,3H2,1-2H3,(H,16,17). The van der Waals surface area contributed by atoms with Crippen molar-refractivity contribution in [1.29, 1.82) is 0 Å². The molecule has 1 rings (SSSR count). The Bertz CT molecular complexity index is 583. The number of hydrogen-bond donors (Lipinski definition) is 2. The van der Waals surface area contributed by atoms with Gasteiger partial charge in [0.05, 0.1) is 10.0 Å². The molecule has 0 aliphatic heterocycles. The lowest BCUT2D eigenvalue weighted by molar-refractivity contribution is -0.140. The van der Waals surface area contributed by atoms with Crippen LogP contribution in [0.4, 0.5) is 0 Å². The van der Waals surface area contributed by atoms with Crippen LogP contribution in [0.1, 0.15) is 20.3 Å². The minimum absolute atomic E-state index is 0.0571. The van der Waals surface area contributed by atoms with Crippen molar-refractivity contribution in [2.45, 2.75) is 31.2 Å². The first-order chi connectivity index (χ1) is 9.20. The van der Waals surface area contributed by atoms with Gasteiger partial charge in [0.1, 0.15) is 10.9 Å². The predicted octanol–water partition coefficient (Wildman–Crippen LogP) is 2.77. The summed E-state index contributed by atoms with van der Waals surface area (Å²) in [7, 11) is -4.12. The van der Waals surface area contributed by atoms with Crippen LogP contribution < -0.4 is 4.72 Å². The first kappa shape index (κ1) is 17.2. The second-order valence-corrected chi connectivity index (χ2v) is 6.84. The minimum Gasteiger partial charge on any atom is -0.480 e. The second kappa shape index (κ2) is 6.76. The lowest BCUT2D eigenvalue weighted by Crippen LogP contribution is -2.45. The zero-order chi connectivity index (χ0) is 15.5. The first-order valence-electron chi connectivity index (χ1n) is 5.89. The van der Waals surface area contributed by atoms with E-state index < -0.39 is 22.0 Å². The molecule has 0 bridgehead atoms. The molecule has 2 atom stereocenters. The fourth-order valence-electron chi connectivity index (χ4n) is 1.61. The highest BCUT2D eigenvalue weighted by Crippen LogP contribution is 2.29. The van der Waals surface area contributed by atoms with Crippen molar-refractivity contribution in [3.63, 3.8) is 0 Å². The summed E-state index contributed by atoms with van der Waals surface area (Å²) >= 11 is 11.7. The van der Waals surface area contributed by atoms with Crippen LogP contribution in [0, 0.1) is 5.92 Å². The van der Waals surface area contributed by atoms with Gasteiger partial charge in [-0.25, -0.2) is 8.42 Å². The molecule has 0 radical (unpaired) electrons. The van der Waals surface area contributed by atoms with Gasteiger partial charge in [-0.05, 0) is 18.1 Å². The van der Waals surface area contributed by atoms with Crippen molar-refractivity contribution in [2.75, 3.05) is 0 Å². The van der Waals surface area contributed by atoms with Crippen LogP contribution in [-0.2, 0) is 14.8 Å². The smallest absolute Gasteiger partial charge is 0.322 e. The molecule has 0 spiro atoms. The van der Waals surface area contributed by atoms with E-state index in [0.29, 0.717) is 6.42 Å². The summed E-state index contributed by atoms with van der Waals surface area (Å²) in [5.41, 5.74) is 0. The highest BCUT2D eigenvalue weighted by atomic mass is 35.5. The summed E-state index contributed by atoms with van der Waals surface area (Å²) in [6, 6.07) is 3.02. The average molecular weight is 340 g/mol. The Morgan fingerprint density at radius 3 is 2.25 bits per heavy atom. The van der Waals surface area contributed by atoms with Crippen LogP contribution >= 0.6 is 23.2 Å². The van der Waals surface area contributed by atoms with Gasteiger partial charge in [-0.3, -0.25) is 4.79 Å².